The molecule has 0 bridgehead atoms. The van der Waals surface area contributed by atoms with Gasteiger partial charge in [-0.1, -0.05) is 12.8 Å². The van der Waals surface area contributed by atoms with Gasteiger partial charge in [0.05, 0.1) is 12.3 Å². The van der Waals surface area contributed by atoms with Crippen LogP contribution in [0, 0.1) is 12.8 Å². The summed E-state index contributed by atoms with van der Waals surface area (Å²) in [6.07, 6.45) is 6.54. The monoisotopic (exact) mass is 313 g/mol. The second-order valence-electron chi connectivity index (χ2n) is 6.17. The molecule has 1 saturated heterocycles. The van der Waals surface area contributed by atoms with Crippen molar-refractivity contribution in [2.24, 2.45) is 5.92 Å². The standard InChI is InChI=1S/C14H23N3O3S/c1-10-15-9-14(16-10)21(19,20)17-8-4-6-12(17)11-5-2-3-7-13(11)18/h9,11-13,18H,2-8H2,1H3,(H,15,16). The Balaban J connectivity index is 1.86. The summed E-state index contributed by atoms with van der Waals surface area (Å²) in [5.74, 6) is 0.669. The first-order chi connectivity index (χ1) is 10.00. The summed E-state index contributed by atoms with van der Waals surface area (Å²) in [6, 6.07) is -0.0751. The van der Waals surface area contributed by atoms with Gasteiger partial charge in [0.25, 0.3) is 10.0 Å². The normalized spacial score (nSPS) is 31.6. The van der Waals surface area contributed by atoms with Gasteiger partial charge >= 0.3 is 0 Å². The molecule has 3 atom stereocenters. The zero-order valence-corrected chi connectivity index (χ0v) is 13.1. The highest BCUT2D eigenvalue weighted by atomic mass is 32.2. The molecule has 2 fully saturated rings. The van der Waals surface area contributed by atoms with E-state index in [-0.39, 0.29) is 23.1 Å². The first-order valence-electron chi connectivity index (χ1n) is 7.71. The molecule has 3 unspecified atom stereocenters. The van der Waals surface area contributed by atoms with E-state index in [1.54, 1.807) is 11.2 Å². The van der Waals surface area contributed by atoms with Crippen LogP contribution in [0.5, 0.6) is 0 Å². The lowest BCUT2D eigenvalue weighted by atomic mass is 9.81. The van der Waals surface area contributed by atoms with Crippen LogP contribution >= 0.6 is 0 Å². The predicted octanol–water partition coefficient (Wildman–Crippen LogP) is 1.42. The Kier molecular flexibility index (Phi) is 4.07. The van der Waals surface area contributed by atoms with Crippen molar-refractivity contribution < 1.29 is 13.5 Å². The van der Waals surface area contributed by atoms with E-state index < -0.39 is 10.0 Å². The average molecular weight is 313 g/mol. The van der Waals surface area contributed by atoms with Crippen LogP contribution in [0.15, 0.2) is 11.2 Å². The number of aromatic amines is 1. The number of sulfonamides is 1. The molecule has 1 aliphatic carbocycles. The fourth-order valence-electron chi connectivity index (χ4n) is 3.74. The quantitative estimate of drug-likeness (QED) is 0.883. The number of aliphatic hydroxyl groups is 1. The third-order valence-electron chi connectivity index (χ3n) is 4.79. The van der Waals surface area contributed by atoms with Crippen LogP contribution < -0.4 is 0 Å². The fraction of sp³-hybridized carbons (Fsp3) is 0.786. The second kappa shape index (κ2) is 5.70. The molecule has 1 aromatic heterocycles. The fourth-order valence-corrected chi connectivity index (χ4v) is 5.44. The van der Waals surface area contributed by atoms with Crippen LogP contribution in [-0.2, 0) is 10.0 Å². The van der Waals surface area contributed by atoms with Gasteiger partial charge in [0.2, 0.25) is 0 Å². The summed E-state index contributed by atoms with van der Waals surface area (Å²) >= 11 is 0. The molecule has 1 saturated carbocycles. The number of hydrogen-bond acceptors (Lipinski definition) is 4. The molecule has 2 N–H and O–H groups in total. The number of nitrogens with zero attached hydrogens (tertiary/aromatic N) is 2. The van der Waals surface area contributed by atoms with Crippen molar-refractivity contribution in [1.29, 1.82) is 0 Å². The Morgan fingerprint density at radius 1 is 1.29 bits per heavy atom. The van der Waals surface area contributed by atoms with Gasteiger partial charge in [0.1, 0.15) is 5.82 Å². The molecule has 2 heterocycles. The van der Waals surface area contributed by atoms with Crippen LogP contribution in [0.25, 0.3) is 0 Å². The maximum Gasteiger partial charge on any atom is 0.260 e. The number of aryl methyl sites for hydroxylation is 1. The molecule has 0 spiro atoms. The van der Waals surface area contributed by atoms with Crippen molar-refractivity contribution in [2.75, 3.05) is 6.54 Å². The van der Waals surface area contributed by atoms with E-state index in [1.807, 2.05) is 0 Å². The van der Waals surface area contributed by atoms with Gasteiger partial charge in [0, 0.05) is 18.5 Å². The Labute approximate surface area is 125 Å². The number of H-pyrrole nitrogens is 1. The maximum absolute atomic E-state index is 12.8. The minimum Gasteiger partial charge on any atom is -0.393 e. The average Bonchev–Trinajstić information content (AvgIpc) is 3.08. The third-order valence-corrected chi connectivity index (χ3v) is 6.62. The van der Waals surface area contributed by atoms with E-state index in [2.05, 4.69) is 9.97 Å². The number of aliphatic hydroxyl groups excluding tert-OH is 1. The molecule has 0 amide bonds. The predicted molar refractivity (Wildman–Crippen MR) is 78.2 cm³/mol. The van der Waals surface area contributed by atoms with Crippen LogP contribution in [0.1, 0.15) is 44.3 Å². The van der Waals surface area contributed by atoms with Crippen molar-refractivity contribution in [1.82, 2.24) is 14.3 Å². The highest BCUT2D eigenvalue weighted by Gasteiger charge is 2.43. The molecule has 21 heavy (non-hydrogen) atoms. The Hall–Kier alpha value is -0.920. The van der Waals surface area contributed by atoms with Gasteiger partial charge in [0.15, 0.2) is 5.03 Å². The first-order valence-corrected chi connectivity index (χ1v) is 9.15. The van der Waals surface area contributed by atoms with E-state index >= 15 is 0 Å². The van der Waals surface area contributed by atoms with Gasteiger partial charge in [-0.05, 0) is 32.6 Å². The highest BCUT2D eigenvalue weighted by Crippen LogP contribution is 2.37. The summed E-state index contributed by atoms with van der Waals surface area (Å²) in [6.45, 7) is 2.28. The minimum atomic E-state index is -3.54. The second-order valence-corrected chi connectivity index (χ2v) is 8.03. The molecule has 3 rings (SSSR count). The Bertz CT molecular complexity index is 598. The summed E-state index contributed by atoms with van der Waals surface area (Å²) in [7, 11) is -3.54. The number of rotatable bonds is 3. The first kappa shape index (κ1) is 15.0. The van der Waals surface area contributed by atoms with E-state index in [4.69, 9.17) is 0 Å². The largest absolute Gasteiger partial charge is 0.393 e. The van der Waals surface area contributed by atoms with Gasteiger partial charge in [-0.25, -0.2) is 13.4 Å². The van der Waals surface area contributed by atoms with Crippen LogP contribution in [0.2, 0.25) is 0 Å². The number of hydrogen-bond donors (Lipinski definition) is 2. The van der Waals surface area contributed by atoms with Crippen molar-refractivity contribution in [3.63, 3.8) is 0 Å². The van der Waals surface area contributed by atoms with E-state index in [9.17, 15) is 13.5 Å². The smallest absolute Gasteiger partial charge is 0.260 e. The maximum atomic E-state index is 12.8. The Morgan fingerprint density at radius 2 is 2.05 bits per heavy atom. The topological polar surface area (TPSA) is 86.3 Å². The lowest BCUT2D eigenvalue weighted by molar-refractivity contribution is 0.0386. The molecular formula is C14H23N3O3S. The molecule has 0 radical (unpaired) electrons. The highest BCUT2D eigenvalue weighted by molar-refractivity contribution is 7.89. The van der Waals surface area contributed by atoms with E-state index in [1.165, 1.54) is 6.20 Å². The van der Waals surface area contributed by atoms with Gasteiger partial charge in [-0.2, -0.15) is 4.31 Å². The molecule has 2 aliphatic rings. The molecule has 1 aromatic rings. The number of nitrogens with one attached hydrogen (secondary N) is 1. The molecular weight excluding hydrogens is 290 g/mol. The van der Waals surface area contributed by atoms with Crippen LogP contribution in [0.3, 0.4) is 0 Å². The molecule has 6 nitrogen and oxygen atoms in total. The number of aromatic nitrogens is 2. The Morgan fingerprint density at radius 3 is 2.71 bits per heavy atom. The van der Waals surface area contributed by atoms with Crippen molar-refractivity contribution in [3.8, 4) is 0 Å². The summed E-state index contributed by atoms with van der Waals surface area (Å²) in [5.41, 5.74) is 0. The van der Waals surface area contributed by atoms with Crippen molar-refractivity contribution >= 4 is 10.0 Å². The van der Waals surface area contributed by atoms with E-state index in [0.29, 0.717) is 12.4 Å². The van der Waals surface area contributed by atoms with Crippen molar-refractivity contribution in [2.45, 2.75) is 62.6 Å². The molecule has 1 aliphatic heterocycles. The SMILES string of the molecule is Cc1ncc(S(=O)(=O)N2CCCC2C2CCCCC2O)[nH]1. The zero-order valence-electron chi connectivity index (χ0n) is 12.3. The zero-order chi connectivity index (χ0) is 15.0. The van der Waals surface area contributed by atoms with E-state index in [0.717, 1.165) is 38.5 Å². The van der Waals surface area contributed by atoms with Crippen molar-refractivity contribution in [3.05, 3.63) is 12.0 Å². The molecule has 118 valence electrons. The van der Waals surface area contributed by atoms with Crippen LogP contribution in [0.4, 0.5) is 0 Å². The van der Waals surface area contributed by atoms with Gasteiger partial charge in [-0.3, -0.25) is 0 Å². The lowest BCUT2D eigenvalue weighted by Gasteiger charge is -2.36. The summed E-state index contributed by atoms with van der Waals surface area (Å²) in [4.78, 5) is 6.82. The lowest BCUT2D eigenvalue weighted by Crippen LogP contribution is -2.45. The number of imidazole rings is 1. The van der Waals surface area contributed by atoms with Crippen LogP contribution in [-0.4, -0.2) is 46.5 Å². The van der Waals surface area contributed by atoms with Gasteiger partial charge in [-0.15, -0.1) is 0 Å². The minimum absolute atomic E-state index is 0.0695. The third kappa shape index (κ3) is 2.74. The molecule has 0 aromatic carbocycles. The van der Waals surface area contributed by atoms with Gasteiger partial charge < -0.3 is 10.1 Å². The molecule has 7 heteroatoms. The summed E-state index contributed by atoms with van der Waals surface area (Å²) < 4.78 is 27.1. The summed E-state index contributed by atoms with van der Waals surface area (Å²) in [5, 5.41) is 10.4.